The van der Waals surface area contributed by atoms with Crippen LogP contribution < -0.4 is 0 Å². The molecule has 0 unspecified atom stereocenters. The molecule has 4 fully saturated rings. The summed E-state index contributed by atoms with van der Waals surface area (Å²) in [6, 6.07) is 7.60. The third-order valence-corrected chi connectivity index (χ3v) is 8.21. The van der Waals surface area contributed by atoms with E-state index in [-0.39, 0.29) is 23.0 Å². The van der Waals surface area contributed by atoms with Gasteiger partial charge in [0.1, 0.15) is 11.2 Å². The lowest BCUT2D eigenvalue weighted by Gasteiger charge is -2.29. The van der Waals surface area contributed by atoms with E-state index >= 15 is 0 Å². The number of carbonyl (C=O) groups is 2. The maximum absolute atomic E-state index is 12.8. The number of carbonyl (C=O) groups excluding carboxylic acids is 2. The number of hydrogen-bond acceptors (Lipinski definition) is 5. The van der Waals surface area contributed by atoms with Gasteiger partial charge < -0.3 is 14.2 Å². The Morgan fingerprint density at radius 2 is 1.52 bits per heavy atom. The fourth-order valence-electron chi connectivity index (χ4n) is 7.19. The lowest BCUT2D eigenvalue weighted by molar-refractivity contribution is -0.140. The molecule has 1 aliphatic heterocycles. The summed E-state index contributed by atoms with van der Waals surface area (Å²) < 4.78 is 16.8. The molecule has 4 bridgehead atoms. The van der Waals surface area contributed by atoms with E-state index in [0.29, 0.717) is 28.0 Å². The van der Waals surface area contributed by atoms with Crippen molar-refractivity contribution in [2.75, 3.05) is 14.2 Å². The molecule has 0 radical (unpaired) electrons. The fraction of sp³-hybridized carbons (Fsp3) is 0.478. The molecule has 6 rings (SSSR count). The normalized spacial score (nSPS) is 41.6. The first-order chi connectivity index (χ1) is 14.0. The number of epoxide rings is 1. The van der Waals surface area contributed by atoms with Crippen molar-refractivity contribution in [1.29, 1.82) is 0 Å². The van der Waals surface area contributed by atoms with Crippen LogP contribution in [0.15, 0.2) is 41.0 Å². The summed E-state index contributed by atoms with van der Waals surface area (Å²) in [7, 11) is 2.72. The molecule has 0 amide bonds. The Morgan fingerprint density at radius 1 is 1.00 bits per heavy atom. The lowest BCUT2D eigenvalue weighted by Crippen LogP contribution is -2.42. The van der Waals surface area contributed by atoms with Crippen molar-refractivity contribution in [3.05, 3.63) is 51.6 Å². The van der Waals surface area contributed by atoms with Crippen LogP contribution in [0.1, 0.15) is 24.8 Å². The molecule has 29 heavy (non-hydrogen) atoms. The first-order valence-corrected chi connectivity index (χ1v) is 10.4. The van der Waals surface area contributed by atoms with Crippen molar-refractivity contribution in [1.82, 2.24) is 0 Å². The zero-order valence-electron chi connectivity index (χ0n) is 16.2. The van der Waals surface area contributed by atoms with Crippen LogP contribution >= 0.6 is 11.6 Å². The molecular formula is C23H21ClO5. The van der Waals surface area contributed by atoms with E-state index < -0.39 is 11.9 Å². The molecule has 3 saturated carbocycles. The molecule has 6 atom stereocenters. The van der Waals surface area contributed by atoms with Crippen molar-refractivity contribution < 1.29 is 23.8 Å². The topological polar surface area (TPSA) is 65.1 Å². The Morgan fingerprint density at radius 3 is 2.00 bits per heavy atom. The highest BCUT2D eigenvalue weighted by molar-refractivity contribution is 6.30. The summed E-state index contributed by atoms with van der Waals surface area (Å²) in [4.78, 5) is 25.7. The van der Waals surface area contributed by atoms with Gasteiger partial charge in [-0.05, 0) is 54.4 Å². The Bertz CT molecular complexity index is 970. The standard InChI is InChI=1S/C23H21ClO5/c1-27-20(25)16-17(21(26)28-2)19-15(9-11-3-7-14(24)8-4-11)18(16)22-12-5-6-13(10-12)23(19,22)29-22/h3-4,7-9,12-13,18-19H,5-6,10H2,1-2H3/t12-,13-,18+,19+,22-,23+/m0/s1. The van der Waals surface area contributed by atoms with E-state index in [0.717, 1.165) is 30.4 Å². The molecule has 1 saturated heterocycles. The number of fused-ring (bicyclic) bond motifs is 4. The van der Waals surface area contributed by atoms with Gasteiger partial charge in [-0.2, -0.15) is 0 Å². The molecule has 1 aromatic carbocycles. The summed E-state index contributed by atoms with van der Waals surface area (Å²) in [5.74, 6) is -0.563. The van der Waals surface area contributed by atoms with Gasteiger partial charge in [0.05, 0.1) is 25.4 Å². The summed E-state index contributed by atoms with van der Waals surface area (Å²) in [5.41, 5.74) is 2.22. The number of methoxy groups -OCH3 is 2. The quantitative estimate of drug-likeness (QED) is 0.561. The predicted octanol–water partition coefficient (Wildman–Crippen LogP) is 3.56. The zero-order valence-corrected chi connectivity index (χ0v) is 17.0. The third kappa shape index (κ3) is 1.83. The Labute approximate surface area is 173 Å². The average molecular weight is 413 g/mol. The molecular weight excluding hydrogens is 392 g/mol. The Kier molecular flexibility index (Phi) is 3.38. The smallest absolute Gasteiger partial charge is 0.335 e. The number of halogens is 1. The summed E-state index contributed by atoms with van der Waals surface area (Å²) in [5, 5.41) is 0.670. The maximum Gasteiger partial charge on any atom is 0.335 e. The van der Waals surface area contributed by atoms with Crippen LogP contribution in [0.4, 0.5) is 0 Å². The highest BCUT2D eigenvalue weighted by atomic mass is 35.5. The molecule has 6 heteroatoms. The number of esters is 2. The number of rotatable bonds is 3. The predicted molar refractivity (Wildman–Crippen MR) is 105 cm³/mol. The van der Waals surface area contributed by atoms with Crippen molar-refractivity contribution in [2.45, 2.75) is 30.5 Å². The van der Waals surface area contributed by atoms with Crippen LogP contribution in [0.3, 0.4) is 0 Å². The monoisotopic (exact) mass is 412 g/mol. The molecule has 0 N–H and O–H groups in total. The fourth-order valence-corrected chi connectivity index (χ4v) is 7.31. The van der Waals surface area contributed by atoms with Gasteiger partial charge in [0, 0.05) is 16.9 Å². The van der Waals surface area contributed by atoms with Gasteiger partial charge >= 0.3 is 11.9 Å². The molecule has 5 nitrogen and oxygen atoms in total. The van der Waals surface area contributed by atoms with Gasteiger partial charge in [-0.3, -0.25) is 0 Å². The van der Waals surface area contributed by atoms with Crippen LogP contribution in [0.2, 0.25) is 5.02 Å². The van der Waals surface area contributed by atoms with Gasteiger partial charge in [-0.15, -0.1) is 0 Å². The molecule has 5 aliphatic rings. The highest BCUT2D eigenvalue weighted by Gasteiger charge is 2.94. The average Bonchev–Trinajstić information content (AvgIpc) is 3.03. The lowest BCUT2D eigenvalue weighted by atomic mass is 9.69. The van der Waals surface area contributed by atoms with E-state index in [1.807, 2.05) is 24.3 Å². The van der Waals surface area contributed by atoms with E-state index in [1.165, 1.54) is 14.2 Å². The van der Waals surface area contributed by atoms with Gasteiger partial charge in [0.25, 0.3) is 0 Å². The Hall–Kier alpha value is -2.11. The first kappa shape index (κ1) is 17.7. The number of benzene rings is 1. The zero-order chi connectivity index (χ0) is 20.1. The maximum atomic E-state index is 12.8. The number of hydrogen-bond donors (Lipinski definition) is 0. The largest absolute Gasteiger partial charge is 0.466 e. The van der Waals surface area contributed by atoms with Crippen LogP contribution in [0.25, 0.3) is 6.08 Å². The van der Waals surface area contributed by atoms with Gasteiger partial charge in [-0.1, -0.05) is 29.8 Å². The summed E-state index contributed by atoms with van der Waals surface area (Å²) >= 11 is 6.05. The second-order valence-electron chi connectivity index (χ2n) is 8.77. The molecule has 0 aromatic heterocycles. The summed E-state index contributed by atoms with van der Waals surface area (Å²) in [6.45, 7) is 0. The van der Waals surface area contributed by atoms with E-state index in [1.54, 1.807) is 0 Å². The van der Waals surface area contributed by atoms with E-state index in [4.69, 9.17) is 25.8 Å². The second kappa shape index (κ2) is 5.52. The summed E-state index contributed by atoms with van der Waals surface area (Å²) in [6.07, 6.45) is 5.45. The Balaban J connectivity index is 1.57. The van der Waals surface area contributed by atoms with Crippen LogP contribution in [0.5, 0.6) is 0 Å². The number of ether oxygens (including phenoxy) is 3. The molecule has 150 valence electrons. The van der Waals surface area contributed by atoms with E-state index in [2.05, 4.69) is 6.08 Å². The van der Waals surface area contributed by atoms with Crippen LogP contribution in [-0.2, 0) is 23.8 Å². The van der Waals surface area contributed by atoms with Crippen LogP contribution in [0, 0.1) is 23.7 Å². The minimum Gasteiger partial charge on any atom is -0.466 e. The van der Waals surface area contributed by atoms with Gasteiger partial charge in [0.15, 0.2) is 0 Å². The van der Waals surface area contributed by atoms with Crippen LogP contribution in [-0.4, -0.2) is 37.4 Å². The van der Waals surface area contributed by atoms with E-state index in [9.17, 15) is 9.59 Å². The second-order valence-corrected chi connectivity index (χ2v) is 9.20. The minimum absolute atomic E-state index is 0.250. The molecule has 0 spiro atoms. The molecule has 4 aliphatic carbocycles. The molecule has 1 aromatic rings. The van der Waals surface area contributed by atoms with Gasteiger partial charge in [0.2, 0.25) is 0 Å². The van der Waals surface area contributed by atoms with Crippen molar-refractivity contribution in [3.63, 3.8) is 0 Å². The van der Waals surface area contributed by atoms with Crippen molar-refractivity contribution in [3.8, 4) is 0 Å². The third-order valence-electron chi connectivity index (χ3n) is 7.96. The van der Waals surface area contributed by atoms with Gasteiger partial charge in [-0.25, -0.2) is 9.59 Å². The SMILES string of the molecule is COC(=O)C1=C(C(=O)OC)[C@H]2C(=Cc3ccc(Cl)cc3)[C@H]1[C@@]13O[C@@]21[C@H]1CC[C@H]3C1. The minimum atomic E-state index is -0.457. The van der Waals surface area contributed by atoms with Crippen molar-refractivity contribution in [2.24, 2.45) is 23.7 Å². The molecule has 1 heterocycles. The van der Waals surface area contributed by atoms with Crippen molar-refractivity contribution >= 4 is 29.6 Å². The first-order valence-electron chi connectivity index (χ1n) is 10.1. The highest BCUT2D eigenvalue weighted by Crippen LogP contribution is 2.86.